The molecule has 1 atom stereocenters. The lowest BCUT2D eigenvalue weighted by molar-refractivity contribution is 0.179. The Labute approximate surface area is 103 Å². The molecule has 1 unspecified atom stereocenters. The summed E-state index contributed by atoms with van der Waals surface area (Å²) in [5.74, 6) is 1.76. The van der Waals surface area contributed by atoms with Crippen molar-refractivity contribution in [3.05, 3.63) is 0 Å². The Morgan fingerprint density at radius 2 is 1.81 bits per heavy atom. The molecule has 0 aromatic carbocycles. The lowest BCUT2D eigenvalue weighted by Crippen LogP contribution is -2.47. The van der Waals surface area contributed by atoms with Crippen molar-refractivity contribution in [2.24, 2.45) is 11.8 Å². The first-order chi connectivity index (χ1) is 7.70. The van der Waals surface area contributed by atoms with E-state index in [-0.39, 0.29) is 6.04 Å². The van der Waals surface area contributed by atoms with E-state index in [2.05, 4.69) is 17.6 Å². The van der Waals surface area contributed by atoms with Gasteiger partial charge in [0, 0.05) is 19.2 Å². The van der Waals surface area contributed by atoms with Crippen molar-refractivity contribution in [3.8, 4) is 0 Å². The molecule has 0 heterocycles. The van der Waals surface area contributed by atoms with Gasteiger partial charge in [0.15, 0.2) is 5.11 Å². The fraction of sp³-hybridized carbons (Fsp3) is 0.917. The van der Waals surface area contributed by atoms with E-state index in [0.29, 0.717) is 12.6 Å². The zero-order chi connectivity index (χ0) is 11.5. The molecule has 2 rings (SSSR count). The molecule has 92 valence electrons. The van der Waals surface area contributed by atoms with Crippen LogP contribution in [0.15, 0.2) is 0 Å². The lowest BCUT2D eigenvalue weighted by atomic mass is 10.1. The molecule has 0 aliphatic heterocycles. The van der Waals surface area contributed by atoms with Gasteiger partial charge in [-0.3, -0.25) is 0 Å². The summed E-state index contributed by atoms with van der Waals surface area (Å²) in [6, 6.07) is 0.916. The maximum Gasteiger partial charge on any atom is 0.166 e. The Bertz CT molecular complexity index is 239. The molecule has 0 spiro atoms. The third-order valence-electron chi connectivity index (χ3n) is 3.35. The predicted octanol–water partition coefficient (Wildman–Crippen LogP) is 1.67. The van der Waals surface area contributed by atoms with Gasteiger partial charge in [0.1, 0.15) is 0 Å². The number of rotatable bonds is 6. The van der Waals surface area contributed by atoms with Crippen LogP contribution in [-0.4, -0.2) is 30.9 Å². The van der Waals surface area contributed by atoms with Gasteiger partial charge >= 0.3 is 0 Å². The Balaban J connectivity index is 1.72. The van der Waals surface area contributed by atoms with Crippen molar-refractivity contribution in [1.82, 2.24) is 10.6 Å². The Morgan fingerprint density at radius 3 is 2.25 bits per heavy atom. The Hall–Kier alpha value is -0.350. The fourth-order valence-corrected chi connectivity index (χ4v) is 2.58. The average molecular weight is 242 g/mol. The molecule has 0 radical (unpaired) electrons. The quantitative estimate of drug-likeness (QED) is 0.694. The highest BCUT2D eigenvalue weighted by Crippen LogP contribution is 2.44. The minimum Gasteiger partial charge on any atom is -0.383 e. The van der Waals surface area contributed by atoms with Crippen LogP contribution in [0.2, 0.25) is 0 Å². The maximum absolute atomic E-state index is 5.34. The molecule has 0 saturated heterocycles. The van der Waals surface area contributed by atoms with E-state index in [4.69, 9.17) is 17.0 Å². The van der Waals surface area contributed by atoms with Gasteiger partial charge in [-0.05, 0) is 56.7 Å². The van der Waals surface area contributed by atoms with Gasteiger partial charge in [-0.25, -0.2) is 0 Å². The summed E-state index contributed by atoms with van der Waals surface area (Å²) in [5, 5.41) is 7.57. The summed E-state index contributed by atoms with van der Waals surface area (Å²) < 4.78 is 5.08. The summed E-state index contributed by atoms with van der Waals surface area (Å²) >= 11 is 5.34. The van der Waals surface area contributed by atoms with Crippen LogP contribution in [0.25, 0.3) is 0 Å². The first-order valence-corrected chi connectivity index (χ1v) is 6.67. The molecular weight excluding hydrogens is 220 g/mol. The number of thiocarbonyl (C=S) groups is 1. The number of methoxy groups -OCH3 is 1. The standard InChI is InChI=1S/C12H22N2OS/c1-8(7-15-2)13-12(16)14-11(9-3-4-9)10-5-6-10/h8-11H,3-7H2,1-2H3,(H2,13,14,16). The number of hydrogen-bond acceptors (Lipinski definition) is 2. The molecule has 2 fully saturated rings. The lowest BCUT2D eigenvalue weighted by Gasteiger charge is -2.22. The van der Waals surface area contributed by atoms with Crippen LogP contribution in [0.4, 0.5) is 0 Å². The third-order valence-corrected chi connectivity index (χ3v) is 3.59. The average Bonchev–Trinajstić information content (AvgIpc) is 3.08. The second-order valence-electron chi connectivity index (χ2n) is 5.17. The second-order valence-corrected chi connectivity index (χ2v) is 5.58. The molecule has 2 aliphatic rings. The first-order valence-electron chi connectivity index (χ1n) is 6.26. The van der Waals surface area contributed by atoms with Gasteiger partial charge in [0.2, 0.25) is 0 Å². The third kappa shape index (κ3) is 3.59. The molecule has 3 nitrogen and oxygen atoms in total. The molecule has 0 aromatic heterocycles. The molecule has 0 bridgehead atoms. The molecule has 16 heavy (non-hydrogen) atoms. The molecular formula is C12H22N2OS. The second kappa shape index (κ2) is 5.32. The van der Waals surface area contributed by atoms with Gasteiger partial charge in [0.25, 0.3) is 0 Å². The van der Waals surface area contributed by atoms with E-state index < -0.39 is 0 Å². The van der Waals surface area contributed by atoms with Gasteiger partial charge in [-0.2, -0.15) is 0 Å². The Morgan fingerprint density at radius 1 is 1.25 bits per heavy atom. The largest absolute Gasteiger partial charge is 0.383 e. The van der Waals surface area contributed by atoms with Crippen LogP contribution in [0.3, 0.4) is 0 Å². The van der Waals surface area contributed by atoms with Gasteiger partial charge in [0.05, 0.1) is 6.61 Å². The highest BCUT2D eigenvalue weighted by molar-refractivity contribution is 7.80. The number of ether oxygens (including phenoxy) is 1. The van der Waals surface area contributed by atoms with Gasteiger partial charge in [-0.15, -0.1) is 0 Å². The van der Waals surface area contributed by atoms with Crippen molar-refractivity contribution < 1.29 is 4.74 Å². The number of hydrogen-bond donors (Lipinski definition) is 2. The summed E-state index contributed by atoms with van der Waals surface area (Å²) in [4.78, 5) is 0. The molecule has 0 amide bonds. The normalized spacial score (nSPS) is 21.9. The molecule has 2 N–H and O–H groups in total. The fourth-order valence-electron chi connectivity index (χ4n) is 2.24. The molecule has 2 aliphatic carbocycles. The zero-order valence-electron chi connectivity index (χ0n) is 10.2. The highest BCUT2D eigenvalue weighted by Gasteiger charge is 2.41. The molecule has 0 aromatic rings. The van der Waals surface area contributed by atoms with Crippen molar-refractivity contribution in [2.45, 2.75) is 44.7 Å². The highest BCUT2D eigenvalue weighted by atomic mass is 32.1. The summed E-state index contributed by atoms with van der Waals surface area (Å²) in [6.07, 6.45) is 5.52. The van der Waals surface area contributed by atoms with E-state index >= 15 is 0 Å². The van der Waals surface area contributed by atoms with Crippen molar-refractivity contribution in [3.63, 3.8) is 0 Å². The van der Waals surface area contributed by atoms with Crippen molar-refractivity contribution in [1.29, 1.82) is 0 Å². The monoisotopic (exact) mass is 242 g/mol. The van der Waals surface area contributed by atoms with E-state index in [1.807, 2.05) is 0 Å². The SMILES string of the molecule is COCC(C)NC(=S)NC(C1CC1)C1CC1. The van der Waals surface area contributed by atoms with E-state index in [9.17, 15) is 0 Å². The summed E-state index contributed by atoms with van der Waals surface area (Å²) in [7, 11) is 1.71. The van der Waals surface area contributed by atoms with Gasteiger partial charge in [-0.1, -0.05) is 0 Å². The zero-order valence-corrected chi connectivity index (χ0v) is 11.0. The minimum absolute atomic E-state index is 0.282. The smallest absolute Gasteiger partial charge is 0.166 e. The summed E-state index contributed by atoms with van der Waals surface area (Å²) in [6.45, 7) is 2.78. The number of nitrogens with one attached hydrogen (secondary N) is 2. The first kappa shape index (κ1) is 12.1. The van der Waals surface area contributed by atoms with Crippen LogP contribution < -0.4 is 10.6 Å². The summed E-state index contributed by atoms with van der Waals surface area (Å²) in [5.41, 5.74) is 0. The van der Waals surface area contributed by atoms with Crippen LogP contribution in [0, 0.1) is 11.8 Å². The van der Waals surface area contributed by atoms with Crippen LogP contribution >= 0.6 is 12.2 Å². The van der Waals surface area contributed by atoms with E-state index in [1.165, 1.54) is 25.7 Å². The van der Waals surface area contributed by atoms with Crippen LogP contribution in [0.5, 0.6) is 0 Å². The predicted molar refractivity (Wildman–Crippen MR) is 69.4 cm³/mol. The van der Waals surface area contributed by atoms with E-state index in [1.54, 1.807) is 7.11 Å². The minimum atomic E-state index is 0.282. The van der Waals surface area contributed by atoms with Crippen molar-refractivity contribution in [2.75, 3.05) is 13.7 Å². The maximum atomic E-state index is 5.34. The Kier molecular flexibility index (Phi) is 4.03. The molecule has 4 heteroatoms. The van der Waals surface area contributed by atoms with E-state index in [0.717, 1.165) is 16.9 Å². The van der Waals surface area contributed by atoms with Gasteiger partial charge < -0.3 is 15.4 Å². The van der Waals surface area contributed by atoms with Crippen molar-refractivity contribution >= 4 is 17.3 Å². The molecule has 2 saturated carbocycles. The van der Waals surface area contributed by atoms with Crippen LogP contribution in [-0.2, 0) is 4.74 Å². The van der Waals surface area contributed by atoms with Crippen LogP contribution in [0.1, 0.15) is 32.6 Å². The topological polar surface area (TPSA) is 33.3 Å².